The van der Waals surface area contributed by atoms with Crippen LogP contribution in [-0.4, -0.2) is 31.4 Å². The van der Waals surface area contributed by atoms with Gasteiger partial charge in [0.05, 0.1) is 13.5 Å². The summed E-state index contributed by atoms with van der Waals surface area (Å²) < 4.78 is 9.16. The van der Waals surface area contributed by atoms with E-state index >= 15 is 0 Å². The van der Waals surface area contributed by atoms with Crippen LogP contribution in [0, 0.1) is 0 Å². The molecule has 1 aromatic carbocycles. The summed E-state index contributed by atoms with van der Waals surface area (Å²) in [6.45, 7) is 3.02. The molecule has 0 heterocycles. The predicted octanol–water partition coefficient (Wildman–Crippen LogP) is 1.53. The molecule has 0 aliphatic heterocycles. The lowest BCUT2D eigenvalue weighted by atomic mass is 10.1. The zero-order valence-corrected chi connectivity index (χ0v) is 10.5. The number of hydrogen-bond donors (Lipinski definition) is 0. The van der Waals surface area contributed by atoms with Crippen molar-refractivity contribution in [1.29, 1.82) is 0 Å². The topological polar surface area (TPSA) is 69.7 Å². The summed E-state index contributed by atoms with van der Waals surface area (Å²) in [6, 6.07) is 8.45. The molecule has 0 amide bonds. The van der Waals surface area contributed by atoms with Gasteiger partial charge in [0, 0.05) is 11.1 Å². The monoisotopic (exact) mass is 262 g/mol. The average molecular weight is 262 g/mol. The Bertz CT molecular complexity index is 490. The van der Waals surface area contributed by atoms with Crippen LogP contribution in [-0.2, 0) is 19.1 Å². The van der Waals surface area contributed by atoms with E-state index in [9.17, 15) is 14.4 Å². The second-order valence-corrected chi connectivity index (χ2v) is 3.72. The molecule has 0 bridgehead atoms. The van der Waals surface area contributed by atoms with Crippen molar-refractivity contribution in [3.8, 4) is 0 Å². The van der Waals surface area contributed by atoms with Crippen molar-refractivity contribution in [2.45, 2.75) is 6.42 Å². The van der Waals surface area contributed by atoms with Crippen molar-refractivity contribution in [2.24, 2.45) is 0 Å². The Labute approximate surface area is 110 Å². The van der Waals surface area contributed by atoms with E-state index in [2.05, 4.69) is 11.3 Å². The second-order valence-electron chi connectivity index (χ2n) is 3.72. The summed E-state index contributed by atoms with van der Waals surface area (Å²) in [4.78, 5) is 34.0. The van der Waals surface area contributed by atoms with Gasteiger partial charge in [0.15, 0.2) is 12.4 Å². The number of carbonyl (C=O) groups is 3. The SMILES string of the molecule is C=C(CC(=O)OC)C(=O)OCC(=O)c1ccccc1. The Morgan fingerprint density at radius 2 is 1.79 bits per heavy atom. The molecule has 19 heavy (non-hydrogen) atoms. The number of hydrogen-bond acceptors (Lipinski definition) is 5. The van der Waals surface area contributed by atoms with E-state index in [1.165, 1.54) is 7.11 Å². The molecule has 0 saturated heterocycles. The van der Waals surface area contributed by atoms with Crippen molar-refractivity contribution < 1.29 is 23.9 Å². The fraction of sp³-hybridized carbons (Fsp3) is 0.214. The lowest BCUT2D eigenvalue weighted by molar-refractivity contribution is -0.143. The Morgan fingerprint density at radius 3 is 2.37 bits per heavy atom. The molecule has 1 rings (SSSR count). The molecule has 100 valence electrons. The number of ether oxygens (including phenoxy) is 2. The van der Waals surface area contributed by atoms with Gasteiger partial charge in [0.25, 0.3) is 0 Å². The van der Waals surface area contributed by atoms with Crippen LogP contribution in [0.25, 0.3) is 0 Å². The molecule has 0 aromatic heterocycles. The van der Waals surface area contributed by atoms with Gasteiger partial charge in [-0.3, -0.25) is 9.59 Å². The maximum atomic E-state index is 11.7. The lowest BCUT2D eigenvalue weighted by Gasteiger charge is -2.05. The number of ketones is 1. The third kappa shape index (κ3) is 4.75. The minimum Gasteiger partial charge on any atom is -0.469 e. The first kappa shape index (κ1) is 14.6. The number of Topliss-reactive ketones (excluding diaryl/α,β-unsaturated/α-hetero) is 1. The summed E-state index contributed by atoms with van der Waals surface area (Å²) in [5, 5.41) is 0. The highest BCUT2D eigenvalue weighted by atomic mass is 16.5. The minimum absolute atomic E-state index is 0.0484. The molecule has 0 unspecified atom stereocenters. The lowest BCUT2D eigenvalue weighted by Crippen LogP contribution is -2.17. The summed E-state index contributed by atoms with van der Waals surface area (Å²) in [5.74, 6) is -1.69. The second kappa shape index (κ2) is 7.10. The van der Waals surface area contributed by atoms with E-state index in [1.807, 2.05) is 0 Å². The van der Waals surface area contributed by atoms with Crippen LogP contribution in [0.1, 0.15) is 16.8 Å². The van der Waals surface area contributed by atoms with Gasteiger partial charge in [-0.15, -0.1) is 0 Å². The zero-order chi connectivity index (χ0) is 14.3. The Kier molecular flexibility index (Phi) is 5.47. The first-order valence-electron chi connectivity index (χ1n) is 5.54. The van der Waals surface area contributed by atoms with Crippen LogP contribution in [0.15, 0.2) is 42.5 Å². The minimum atomic E-state index is -0.783. The van der Waals surface area contributed by atoms with E-state index in [1.54, 1.807) is 30.3 Å². The normalized spacial score (nSPS) is 9.53. The molecule has 5 nitrogen and oxygen atoms in total. The van der Waals surface area contributed by atoms with Crippen molar-refractivity contribution in [3.63, 3.8) is 0 Å². The Balaban J connectivity index is 2.44. The predicted molar refractivity (Wildman–Crippen MR) is 67.5 cm³/mol. The number of benzene rings is 1. The molecule has 0 fully saturated rings. The summed E-state index contributed by atoms with van der Waals surface area (Å²) in [7, 11) is 1.21. The van der Waals surface area contributed by atoms with Gasteiger partial charge < -0.3 is 9.47 Å². The standard InChI is InChI=1S/C14H14O5/c1-10(8-13(16)18-2)14(17)19-9-12(15)11-6-4-3-5-7-11/h3-7H,1,8-9H2,2H3. The number of carbonyl (C=O) groups excluding carboxylic acids is 3. The highest BCUT2D eigenvalue weighted by Gasteiger charge is 2.15. The third-order valence-electron chi connectivity index (χ3n) is 2.30. The van der Waals surface area contributed by atoms with Crippen LogP contribution in [0.3, 0.4) is 0 Å². The van der Waals surface area contributed by atoms with E-state index < -0.39 is 11.9 Å². The van der Waals surface area contributed by atoms with Crippen molar-refractivity contribution >= 4 is 17.7 Å². The van der Waals surface area contributed by atoms with Gasteiger partial charge in [-0.2, -0.15) is 0 Å². The van der Waals surface area contributed by atoms with Gasteiger partial charge in [-0.1, -0.05) is 36.9 Å². The number of esters is 2. The van der Waals surface area contributed by atoms with Crippen molar-refractivity contribution in [3.05, 3.63) is 48.0 Å². The van der Waals surface area contributed by atoms with Crippen LogP contribution in [0.4, 0.5) is 0 Å². The molecular weight excluding hydrogens is 248 g/mol. The van der Waals surface area contributed by atoms with Gasteiger partial charge in [-0.25, -0.2) is 4.79 Å². The van der Waals surface area contributed by atoms with Crippen LogP contribution in [0.2, 0.25) is 0 Å². The third-order valence-corrected chi connectivity index (χ3v) is 2.30. The zero-order valence-electron chi connectivity index (χ0n) is 10.5. The van der Waals surface area contributed by atoms with Crippen LogP contribution in [0.5, 0.6) is 0 Å². The van der Waals surface area contributed by atoms with E-state index in [0.29, 0.717) is 5.56 Å². The van der Waals surface area contributed by atoms with E-state index in [-0.39, 0.29) is 24.4 Å². The Morgan fingerprint density at radius 1 is 1.16 bits per heavy atom. The molecule has 0 atom stereocenters. The van der Waals surface area contributed by atoms with E-state index in [4.69, 9.17) is 4.74 Å². The fourth-order valence-corrected chi connectivity index (χ4v) is 1.26. The molecule has 0 aliphatic rings. The summed E-state index contributed by atoms with van der Waals surface area (Å²) >= 11 is 0. The molecule has 1 aromatic rings. The summed E-state index contributed by atoms with van der Waals surface area (Å²) in [5.41, 5.74) is 0.404. The highest BCUT2D eigenvalue weighted by molar-refractivity contribution is 5.99. The molecule has 0 saturated carbocycles. The Hall–Kier alpha value is -2.43. The molecule has 0 spiro atoms. The highest BCUT2D eigenvalue weighted by Crippen LogP contribution is 2.05. The maximum absolute atomic E-state index is 11.7. The maximum Gasteiger partial charge on any atom is 0.334 e. The fourth-order valence-electron chi connectivity index (χ4n) is 1.26. The summed E-state index contributed by atoms with van der Waals surface area (Å²) in [6.07, 6.45) is -0.255. The first-order chi connectivity index (χ1) is 9.04. The van der Waals surface area contributed by atoms with E-state index in [0.717, 1.165) is 0 Å². The van der Waals surface area contributed by atoms with Crippen LogP contribution >= 0.6 is 0 Å². The average Bonchev–Trinajstić information content (AvgIpc) is 2.44. The smallest absolute Gasteiger partial charge is 0.334 e. The van der Waals surface area contributed by atoms with Crippen molar-refractivity contribution in [2.75, 3.05) is 13.7 Å². The first-order valence-corrected chi connectivity index (χ1v) is 5.54. The number of rotatable bonds is 6. The largest absolute Gasteiger partial charge is 0.469 e. The molecule has 0 radical (unpaired) electrons. The molecule has 0 N–H and O–H groups in total. The molecule has 0 aliphatic carbocycles. The van der Waals surface area contributed by atoms with Gasteiger partial charge in [0.1, 0.15) is 0 Å². The quantitative estimate of drug-likeness (QED) is 0.442. The molecular formula is C14H14O5. The van der Waals surface area contributed by atoms with Crippen LogP contribution < -0.4 is 0 Å². The number of methoxy groups -OCH3 is 1. The van der Waals surface area contributed by atoms with Gasteiger partial charge in [0.2, 0.25) is 0 Å². The van der Waals surface area contributed by atoms with Gasteiger partial charge in [-0.05, 0) is 0 Å². The van der Waals surface area contributed by atoms with Gasteiger partial charge >= 0.3 is 11.9 Å². The molecule has 5 heteroatoms. The van der Waals surface area contributed by atoms with Crippen molar-refractivity contribution in [1.82, 2.24) is 0 Å².